The third kappa shape index (κ3) is 2.43. The number of rotatable bonds is 3. The number of allylic oxidation sites excluding steroid dienone is 2. The van der Waals surface area contributed by atoms with E-state index in [1.165, 1.54) is 4.90 Å². The molecule has 0 unspecified atom stereocenters. The highest BCUT2D eigenvalue weighted by atomic mass is 16.5. The molecular formula is C12H15N3O2. The number of amides is 1. The van der Waals surface area contributed by atoms with Crippen molar-refractivity contribution >= 4 is 11.9 Å². The average Bonchev–Trinajstić information content (AvgIpc) is 2.91. The monoisotopic (exact) mass is 233 g/mol. The number of carbonyl (C=O) groups excluding carboxylic acids is 1. The highest BCUT2D eigenvalue weighted by Gasteiger charge is 2.24. The van der Waals surface area contributed by atoms with E-state index in [2.05, 4.69) is 9.97 Å². The minimum atomic E-state index is 0.0331. The molecule has 0 N–H and O–H groups in total. The van der Waals surface area contributed by atoms with Gasteiger partial charge < -0.3 is 4.74 Å². The Morgan fingerprint density at radius 3 is 2.47 bits per heavy atom. The second-order valence-electron chi connectivity index (χ2n) is 3.96. The lowest BCUT2D eigenvalue weighted by Crippen LogP contribution is -2.33. The Kier molecular flexibility index (Phi) is 3.37. The average molecular weight is 233 g/mol. The Labute approximate surface area is 100 Å². The van der Waals surface area contributed by atoms with Crippen molar-refractivity contribution in [3.05, 3.63) is 24.5 Å². The van der Waals surface area contributed by atoms with Crippen LogP contribution in [0.1, 0.15) is 12.8 Å². The summed E-state index contributed by atoms with van der Waals surface area (Å²) in [6.07, 6.45) is 8.78. The van der Waals surface area contributed by atoms with Crippen LogP contribution < -0.4 is 9.64 Å². The van der Waals surface area contributed by atoms with E-state index >= 15 is 0 Å². The van der Waals surface area contributed by atoms with Crippen LogP contribution in [0.15, 0.2) is 24.5 Å². The first kappa shape index (κ1) is 11.6. The SMILES string of the molecule is COc1cnc(N(C)C(=O)C2CC=CC2)nc1. The van der Waals surface area contributed by atoms with Crippen molar-refractivity contribution in [1.29, 1.82) is 0 Å². The summed E-state index contributed by atoms with van der Waals surface area (Å²) in [4.78, 5) is 21.8. The van der Waals surface area contributed by atoms with E-state index in [0.29, 0.717) is 11.7 Å². The molecule has 1 amide bonds. The summed E-state index contributed by atoms with van der Waals surface area (Å²) in [6.45, 7) is 0. The third-order valence-electron chi connectivity index (χ3n) is 2.84. The van der Waals surface area contributed by atoms with Gasteiger partial charge in [0.2, 0.25) is 11.9 Å². The van der Waals surface area contributed by atoms with Gasteiger partial charge in [-0.05, 0) is 12.8 Å². The van der Waals surface area contributed by atoms with Crippen LogP contribution in [0.5, 0.6) is 5.75 Å². The second-order valence-corrected chi connectivity index (χ2v) is 3.96. The lowest BCUT2D eigenvalue weighted by atomic mass is 10.1. The van der Waals surface area contributed by atoms with Crippen LogP contribution in [0.4, 0.5) is 5.95 Å². The van der Waals surface area contributed by atoms with Gasteiger partial charge in [-0.1, -0.05) is 12.2 Å². The first-order valence-electron chi connectivity index (χ1n) is 5.51. The molecule has 1 aromatic rings. The van der Waals surface area contributed by atoms with Crippen LogP contribution in [-0.4, -0.2) is 30.0 Å². The van der Waals surface area contributed by atoms with Crippen LogP contribution in [-0.2, 0) is 4.79 Å². The molecule has 0 saturated heterocycles. The van der Waals surface area contributed by atoms with Gasteiger partial charge in [0.25, 0.3) is 0 Å². The first-order valence-corrected chi connectivity index (χ1v) is 5.51. The molecule has 5 heteroatoms. The van der Waals surface area contributed by atoms with Crippen molar-refractivity contribution < 1.29 is 9.53 Å². The molecule has 0 atom stereocenters. The molecule has 0 bridgehead atoms. The molecular weight excluding hydrogens is 218 g/mol. The summed E-state index contributed by atoms with van der Waals surface area (Å²) in [6, 6.07) is 0. The van der Waals surface area contributed by atoms with Crippen molar-refractivity contribution in [3.63, 3.8) is 0 Å². The summed E-state index contributed by atoms with van der Waals surface area (Å²) < 4.78 is 4.97. The van der Waals surface area contributed by atoms with Gasteiger partial charge in [-0.15, -0.1) is 0 Å². The molecule has 5 nitrogen and oxygen atoms in total. The Morgan fingerprint density at radius 1 is 1.35 bits per heavy atom. The number of nitrogens with zero attached hydrogens (tertiary/aromatic N) is 3. The van der Waals surface area contributed by atoms with Gasteiger partial charge >= 0.3 is 0 Å². The summed E-state index contributed by atoms with van der Waals surface area (Å²) >= 11 is 0. The first-order chi connectivity index (χ1) is 8.22. The Morgan fingerprint density at radius 2 is 1.94 bits per heavy atom. The maximum absolute atomic E-state index is 12.1. The molecule has 0 aromatic carbocycles. The second kappa shape index (κ2) is 4.95. The largest absolute Gasteiger partial charge is 0.494 e. The number of ether oxygens (including phenoxy) is 1. The minimum absolute atomic E-state index is 0.0331. The normalized spacial score (nSPS) is 14.9. The van der Waals surface area contributed by atoms with E-state index in [9.17, 15) is 4.79 Å². The fourth-order valence-corrected chi connectivity index (χ4v) is 1.78. The van der Waals surface area contributed by atoms with Crippen LogP contribution in [0.25, 0.3) is 0 Å². The van der Waals surface area contributed by atoms with Crippen molar-refractivity contribution in [2.45, 2.75) is 12.8 Å². The van der Waals surface area contributed by atoms with Gasteiger partial charge in [0.1, 0.15) is 0 Å². The van der Waals surface area contributed by atoms with E-state index in [0.717, 1.165) is 12.8 Å². The fourth-order valence-electron chi connectivity index (χ4n) is 1.78. The van der Waals surface area contributed by atoms with Crippen molar-refractivity contribution in [3.8, 4) is 5.75 Å². The highest BCUT2D eigenvalue weighted by Crippen LogP contribution is 2.21. The van der Waals surface area contributed by atoms with E-state index in [1.54, 1.807) is 26.6 Å². The zero-order valence-corrected chi connectivity index (χ0v) is 9.96. The number of hydrogen-bond acceptors (Lipinski definition) is 4. The van der Waals surface area contributed by atoms with E-state index in [4.69, 9.17) is 4.74 Å². The molecule has 1 aliphatic rings. The minimum Gasteiger partial charge on any atom is -0.494 e. The van der Waals surface area contributed by atoms with Gasteiger partial charge in [-0.3, -0.25) is 9.69 Å². The lowest BCUT2D eigenvalue weighted by molar-refractivity contribution is -0.121. The molecule has 1 aromatic heterocycles. The van der Waals surface area contributed by atoms with Crippen LogP contribution in [0, 0.1) is 5.92 Å². The smallest absolute Gasteiger partial charge is 0.232 e. The summed E-state index contributed by atoms with van der Waals surface area (Å²) in [5.41, 5.74) is 0. The zero-order chi connectivity index (χ0) is 12.3. The van der Waals surface area contributed by atoms with Crippen LogP contribution >= 0.6 is 0 Å². The van der Waals surface area contributed by atoms with Gasteiger partial charge in [-0.25, -0.2) is 9.97 Å². The van der Waals surface area contributed by atoms with E-state index < -0.39 is 0 Å². The molecule has 17 heavy (non-hydrogen) atoms. The highest BCUT2D eigenvalue weighted by molar-refractivity contribution is 5.93. The molecule has 90 valence electrons. The molecule has 0 saturated carbocycles. The van der Waals surface area contributed by atoms with Crippen molar-refractivity contribution in [2.75, 3.05) is 19.1 Å². The number of carbonyl (C=O) groups is 1. The van der Waals surface area contributed by atoms with Crippen molar-refractivity contribution in [2.24, 2.45) is 5.92 Å². The third-order valence-corrected chi connectivity index (χ3v) is 2.84. The van der Waals surface area contributed by atoms with Crippen molar-refractivity contribution in [1.82, 2.24) is 9.97 Å². The Bertz CT molecular complexity index is 420. The Balaban J connectivity index is 2.07. The van der Waals surface area contributed by atoms with Gasteiger partial charge in [0.05, 0.1) is 19.5 Å². The summed E-state index contributed by atoms with van der Waals surface area (Å²) in [5.74, 6) is 1.07. The predicted octanol–water partition coefficient (Wildman–Crippen LogP) is 1.41. The summed E-state index contributed by atoms with van der Waals surface area (Å²) in [5, 5.41) is 0. The maximum Gasteiger partial charge on any atom is 0.232 e. The molecule has 0 radical (unpaired) electrons. The molecule has 2 rings (SSSR count). The summed E-state index contributed by atoms with van der Waals surface area (Å²) in [7, 11) is 3.25. The van der Waals surface area contributed by atoms with E-state index in [-0.39, 0.29) is 11.8 Å². The molecule has 0 spiro atoms. The quantitative estimate of drug-likeness (QED) is 0.741. The lowest BCUT2D eigenvalue weighted by Gasteiger charge is -2.18. The van der Waals surface area contributed by atoms with E-state index in [1.807, 2.05) is 12.2 Å². The standard InChI is InChI=1S/C12H15N3O2/c1-15(11(16)9-5-3-4-6-9)12-13-7-10(17-2)8-14-12/h3-4,7-9H,5-6H2,1-2H3. The van der Waals surface area contributed by atoms with Gasteiger partial charge in [0.15, 0.2) is 5.75 Å². The molecule has 0 fully saturated rings. The number of aromatic nitrogens is 2. The zero-order valence-electron chi connectivity index (χ0n) is 9.96. The molecule has 1 aliphatic carbocycles. The van der Waals surface area contributed by atoms with Crippen LogP contribution in [0.2, 0.25) is 0 Å². The molecule has 1 heterocycles. The topological polar surface area (TPSA) is 55.3 Å². The Hall–Kier alpha value is -1.91. The van der Waals surface area contributed by atoms with Crippen LogP contribution in [0.3, 0.4) is 0 Å². The fraction of sp³-hybridized carbons (Fsp3) is 0.417. The maximum atomic E-state index is 12.1. The number of anilines is 1. The molecule has 0 aliphatic heterocycles. The predicted molar refractivity (Wildman–Crippen MR) is 63.9 cm³/mol. The van der Waals surface area contributed by atoms with Gasteiger partial charge in [-0.2, -0.15) is 0 Å². The number of hydrogen-bond donors (Lipinski definition) is 0. The number of methoxy groups -OCH3 is 1. The van der Waals surface area contributed by atoms with Gasteiger partial charge in [0, 0.05) is 13.0 Å².